The third-order valence-electron chi connectivity index (χ3n) is 3.47. The van der Waals surface area contributed by atoms with Crippen molar-refractivity contribution in [1.29, 1.82) is 0 Å². The van der Waals surface area contributed by atoms with Crippen LogP contribution in [0.2, 0.25) is 0 Å². The molecule has 2 heterocycles. The van der Waals surface area contributed by atoms with E-state index in [2.05, 4.69) is 14.9 Å². The average molecular weight is 235 g/mol. The van der Waals surface area contributed by atoms with Gasteiger partial charge in [-0.25, -0.2) is 14.4 Å². The molecule has 3 nitrogen and oxygen atoms in total. The first-order chi connectivity index (χ1) is 8.20. The number of rotatable bonds is 3. The molecule has 1 unspecified atom stereocenters. The van der Waals surface area contributed by atoms with Crippen molar-refractivity contribution >= 4 is 0 Å². The second-order valence-corrected chi connectivity index (χ2v) is 5.25. The van der Waals surface area contributed by atoms with E-state index in [0.29, 0.717) is 18.9 Å². The highest BCUT2D eigenvalue weighted by Gasteiger charge is 2.27. The summed E-state index contributed by atoms with van der Waals surface area (Å²) in [5.41, 5.74) is 2.08. The molecule has 17 heavy (non-hydrogen) atoms. The van der Waals surface area contributed by atoms with Crippen molar-refractivity contribution in [3.8, 4) is 0 Å². The van der Waals surface area contributed by atoms with E-state index < -0.39 is 6.17 Å². The average Bonchev–Trinajstić information content (AvgIpc) is 3.03. The Hall–Kier alpha value is -1.03. The van der Waals surface area contributed by atoms with Gasteiger partial charge in [0.05, 0.1) is 5.69 Å². The van der Waals surface area contributed by atoms with Gasteiger partial charge in [0.1, 0.15) is 12.0 Å². The standard InChI is InChI=1S/C13H18FN3/c1-9-6-12(8-17-5-4-11(14)7-17)16-13(15-9)10-2-3-10/h6,10-11H,2-5,7-8H2,1H3. The van der Waals surface area contributed by atoms with Crippen LogP contribution in [0.5, 0.6) is 0 Å². The summed E-state index contributed by atoms with van der Waals surface area (Å²) in [6, 6.07) is 2.03. The number of hydrogen-bond acceptors (Lipinski definition) is 3. The van der Waals surface area contributed by atoms with Gasteiger partial charge >= 0.3 is 0 Å². The van der Waals surface area contributed by atoms with E-state index in [1.165, 1.54) is 12.8 Å². The highest BCUT2D eigenvalue weighted by atomic mass is 19.1. The third kappa shape index (κ3) is 2.63. The monoisotopic (exact) mass is 235 g/mol. The minimum Gasteiger partial charge on any atom is -0.295 e. The summed E-state index contributed by atoms with van der Waals surface area (Å²) in [6.07, 6.45) is 2.46. The molecule has 0 bridgehead atoms. The molecule has 2 aliphatic rings. The summed E-state index contributed by atoms with van der Waals surface area (Å²) in [6.45, 7) is 4.19. The number of likely N-dealkylation sites (tertiary alicyclic amines) is 1. The Bertz CT molecular complexity index is 417. The van der Waals surface area contributed by atoms with Crippen LogP contribution in [-0.2, 0) is 6.54 Å². The predicted molar refractivity (Wildman–Crippen MR) is 63.5 cm³/mol. The zero-order valence-electron chi connectivity index (χ0n) is 10.2. The Kier molecular flexibility index (Phi) is 2.82. The van der Waals surface area contributed by atoms with Crippen LogP contribution in [-0.4, -0.2) is 34.1 Å². The second-order valence-electron chi connectivity index (χ2n) is 5.25. The maximum Gasteiger partial charge on any atom is 0.131 e. The molecule has 1 aromatic heterocycles. The number of alkyl halides is 1. The molecule has 92 valence electrons. The van der Waals surface area contributed by atoms with Gasteiger partial charge in [-0.15, -0.1) is 0 Å². The summed E-state index contributed by atoms with van der Waals surface area (Å²) < 4.78 is 13.1. The Labute approximate surface area is 101 Å². The van der Waals surface area contributed by atoms with Crippen molar-refractivity contribution in [1.82, 2.24) is 14.9 Å². The second kappa shape index (κ2) is 4.33. The Balaban J connectivity index is 1.73. The molecule has 0 amide bonds. The van der Waals surface area contributed by atoms with Crippen molar-refractivity contribution in [3.63, 3.8) is 0 Å². The lowest BCUT2D eigenvalue weighted by Crippen LogP contribution is -2.21. The van der Waals surface area contributed by atoms with Gasteiger partial charge in [0, 0.05) is 31.2 Å². The van der Waals surface area contributed by atoms with Gasteiger partial charge in [0.2, 0.25) is 0 Å². The maximum absolute atomic E-state index is 13.1. The molecule has 1 aliphatic carbocycles. The van der Waals surface area contributed by atoms with Crippen molar-refractivity contribution in [3.05, 3.63) is 23.3 Å². The predicted octanol–water partition coefficient (Wildman–Crippen LogP) is 2.21. The molecule has 1 aromatic rings. The topological polar surface area (TPSA) is 29.0 Å². The lowest BCUT2D eigenvalue weighted by atomic mass is 10.3. The first kappa shape index (κ1) is 11.1. The van der Waals surface area contributed by atoms with E-state index in [1.54, 1.807) is 0 Å². The van der Waals surface area contributed by atoms with Crippen molar-refractivity contribution in [2.45, 2.75) is 44.8 Å². The van der Waals surface area contributed by atoms with Crippen molar-refractivity contribution < 1.29 is 4.39 Å². The number of aryl methyl sites for hydroxylation is 1. The van der Waals surface area contributed by atoms with E-state index in [0.717, 1.165) is 30.3 Å². The quantitative estimate of drug-likeness (QED) is 0.804. The molecule has 0 N–H and O–H groups in total. The fourth-order valence-corrected chi connectivity index (χ4v) is 2.42. The molecule has 1 aliphatic heterocycles. The van der Waals surface area contributed by atoms with E-state index in [1.807, 2.05) is 13.0 Å². The van der Waals surface area contributed by atoms with Crippen LogP contribution in [0.15, 0.2) is 6.07 Å². The van der Waals surface area contributed by atoms with E-state index in [4.69, 9.17) is 0 Å². The fraction of sp³-hybridized carbons (Fsp3) is 0.692. The summed E-state index contributed by atoms with van der Waals surface area (Å²) in [4.78, 5) is 11.2. The van der Waals surface area contributed by atoms with Crippen LogP contribution >= 0.6 is 0 Å². The van der Waals surface area contributed by atoms with Gasteiger partial charge < -0.3 is 0 Å². The lowest BCUT2D eigenvalue weighted by Gasteiger charge is -2.14. The van der Waals surface area contributed by atoms with Crippen LogP contribution in [0.1, 0.15) is 42.4 Å². The van der Waals surface area contributed by atoms with Crippen LogP contribution in [0.3, 0.4) is 0 Å². The van der Waals surface area contributed by atoms with Gasteiger partial charge in [-0.2, -0.15) is 0 Å². The molecule has 1 atom stereocenters. The van der Waals surface area contributed by atoms with Crippen molar-refractivity contribution in [2.75, 3.05) is 13.1 Å². The fourth-order valence-electron chi connectivity index (χ4n) is 2.42. The first-order valence-corrected chi connectivity index (χ1v) is 6.41. The van der Waals surface area contributed by atoms with Gasteiger partial charge in [-0.05, 0) is 32.3 Å². The Morgan fingerprint density at radius 3 is 2.82 bits per heavy atom. The summed E-state index contributed by atoms with van der Waals surface area (Å²) in [5.74, 6) is 1.58. The number of aromatic nitrogens is 2. The lowest BCUT2D eigenvalue weighted by molar-refractivity contribution is 0.280. The molecule has 0 radical (unpaired) electrons. The van der Waals surface area contributed by atoms with Crippen molar-refractivity contribution in [2.24, 2.45) is 0 Å². The van der Waals surface area contributed by atoms with Gasteiger partial charge in [0.15, 0.2) is 0 Å². The van der Waals surface area contributed by atoms with Gasteiger partial charge in [-0.3, -0.25) is 4.90 Å². The highest BCUT2D eigenvalue weighted by molar-refractivity contribution is 5.15. The third-order valence-corrected chi connectivity index (χ3v) is 3.47. The molecule has 1 saturated carbocycles. The normalized spacial score (nSPS) is 25.4. The number of hydrogen-bond donors (Lipinski definition) is 0. The molecule has 0 spiro atoms. The summed E-state index contributed by atoms with van der Waals surface area (Å²) >= 11 is 0. The largest absolute Gasteiger partial charge is 0.295 e. The number of nitrogens with zero attached hydrogens (tertiary/aromatic N) is 3. The van der Waals surface area contributed by atoms with Gasteiger partial charge in [-0.1, -0.05) is 0 Å². The molecule has 2 fully saturated rings. The van der Waals surface area contributed by atoms with Crippen LogP contribution in [0.25, 0.3) is 0 Å². The van der Waals surface area contributed by atoms with Gasteiger partial charge in [0.25, 0.3) is 0 Å². The maximum atomic E-state index is 13.1. The SMILES string of the molecule is Cc1cc(CN2CCC(F)C2)nc(C2CC2)n1. The molecule has 3 rings (SSSR count). The zero-order valence-corrected chi connectivity index (χ0v) is 10.2. The van der Waals surface area contributed by atoms with E-state index in [9.17, 15) is 4.39 Å². The molecular weight excluding hydrogens is 217 g/mol. The Morgan fingerprint density at radius 2 is 2.18 bits per heavy atom. The van der Waals surface area contributed by atoms with Crippen LogP contribution in [0.4, 0.5) is 4.39 Å². The molecule has 0 aromatic carbocycles. The summed E-state index contributed by atoms with van der Waals surface area (Å²) in [7, 11) is 0. The number of halogens is 1. The minimum absolute atomic E-state index is 0.557. The Morgan fingerprint density at radius 1 is 1.35 bits per heavy atom. The minimum atomic E-state index is -0.652. The highest BCUT2D eigenvalue weighted by Crippen LogP contribution is 2.38. The van der Waals surface area contributed by atoms with E-state index >= 15 is 0 Å². The van der Waals surface area contributed by atoms with E-state index in [-0.39, 0.29) is 0 Å². The molecule has 1 saturated heterocycles. The van der Waals surface area contributed by atoms with Crippen LogP contribution in [0, 0.1) is 6.92 Å². The van der Waals surface area contributed by atoms with Crippen LogP contribution < -0.4 is 0 Å². The molecular formula is C13H18FN3. The zero-order chi connectivity index (χ0) is 11.8. The first-order valence-electron chi connectivity index (χ1n) is 6.41. The summed E-state index contributed by atoms with van der Waals surface area (Å²) in [5, 5.41) is 0. The smallest absolute Gasteiger partial charge is 0.131 e. The molecule has 4 heteroatoms.